The van der Waals surface area contributed by atoms with Crippen molar-refractivity contribution in [1.29, 1.82) is 0 Å². The molecule has 4 rings (SSSR count). The fourth-order valence-corrected chi connectivity index (χ4v) is 4.95. The molecule has 0 fully saturated rings. The summed E-state index contributed by atoms with van der Waals surface area (Å²) in [5.74, 6) is -0.537. The molecule has 0 amide bonds. The molecule has 3 aromatic rings. The first-order valence-corrected chi connectivity index (χ1v) is 12.8. The van der Waals surface area contributed by atoms with E-state index in [1.807, 2.05) is 0 Å². The van der Waals surface area contributed by atoms with Gasteiger partial charge in [-0.05, 0) is 41.8 Å². The van der Waals surface area contributed by atoms with Gasteiger partial charge < -0.3 is 23.1 Å². The van der Waals surface area contributed by atoms with Gasteiger partial charge in [0, 0.05) is 17.2 Å². The van der Waals surface area contributed by atoms with Crippen LogP contribution in [0.5, 0.6) is 28.7 Å². The molecule has 0 radical (unpaired) electrons. The molecule has 1 aliphatic rings. The van der Waals surface area contributed by atoms with Gasteiger partial charge in [0.05, 0.1) is 20.1 Å². The number of hydrogen-bond acceptors (Lipinski definition) is 8. The Bertz CT molecular complexity index is 1480. The highest BCUT2D eigenvalue weighted by Crippen LogP contribution is 2.56. The molecule has 39 heavy (non-hydrogen) atoms. The van der Waals surface area contributed by atoms with E-state index in [2.05, 4.69) is 10.8 Å². The Kier molecular flexibility index (Phi) is 7.77. The molecule has 8 nitrogen and oxygen atoms in total. The molecule has 0 aliphatic carbocycles. The Morgan fingerprint density at radius 1 is 1.00 bits per heavy atom. The van der Waals surface area contributed by atoms with Crippen molar-refractivity contribution >= 4 is 16.6 Å². The predicted molar refractivity (Wildman–Crippen MR) is 134 cm³/mol. The minimum Gasteiger partial charge on any atom is -0.497 e. The molecule has 206 valence electrons. The van der Waals surface area contributed by atoms with Gasteiger partial charge in [-0.2, -0.15) is 21.6 Å². The first-order valence-electron chi connectivity index (χ1n) is 11.4. The van der Waals surface area contributed by atoms with Crippen LogP contribution < -0.4 is 23.1 Å². The van der Waals surface area contributed by atoms with Crippen LogP contribution in [0.2, 0.25) is 0 Å². The molecule has 0 saturated heterocycles. The molecule has 0 saturated carbocycles. The molecule has 0 spiro atoms. The summed E-state index contributed by atoms with van der Waals surface area (Å²) < 4.78 is 90.4. The van der Waals surface area contributed by atoms with Crippen molar-refractivity contribution in [2.75, 3.05) is 14.2 Å². The van der Waals surface area contributed by atoms with Crippen LogP contribution in [0.4, 0.5) is 13.2 Å². The zero-order chi connectivity index (χ0) is 28.4. The maximum absolute atomic E-state index is 13.3. The van der Waals surface area contributed by atoms with Gasteiger partial charge in [-0.15, -0.1) is 6.58 Å². The highest BCUT2D eigenvalue weighted by atomic mass is 32.2. The quantitative estimate of drug-likeness (QED) is 0.139. The van der Waals surface area contributed by atoms with Crippen LogP contribution in [-0.2, 0) is 21.3 Å². The molecule has 2 atom stereocenters. The van der Waals surface area contributed by atoms with Crippen molar-refractivity contribution in [3.8, 4) is 28.7 Å². The summed E-state index contributed by atoms with van der Waals surface area (Å²) in [7, 11) is -3.36. The van der Waals surface area contributed by atoms with E-state index in [-0.39, 0.29) is 35.7 Å². The molecule has 0 bridgehead atoms. The molecule has 12 heteroatoms. The molecule has 3 aromatic carbocycles. The van der Waals surface area contributed by atoms with Crippen LogP contribution in [0.3, 0.4) is 0 Å². The van der Waals surface area contributed by atoms with E-state index >= 15 is 0 Å². The van der Waals surface area contributed by atoms with Crippen LogP contribution >= 0.6 is 0 Å². The Labute approximate surface area is 222 Å². The lowest BCUT2D eigenvalue weighted by atomic mass is 9.82. The number of benzene rings is 3. The van der Waals surface area contributed by atoms with Crippen LogP contribution in [0.25, 0.3) is 0 Å². The van der Waals surface area contributed by atoms with Gasteiger partial charge in [0.2, 0.25) is 0 Å². The van der Waals surface area contributed by atoms with Crippen molar-refractivity contribution in [3.63, 3.8) is 0 Å². The van der Waals surface area contributed by atoms with Gasteiger partial charge in [0.25, 0.3) is 6.47 Å². The van der Waals surface area contributed by atoms with Gasteiger partial charge in [-0.1, -0.05) is 30.3 Å². The number of carbonyl (C=O) groups is 1. The van der Waals surface area contributed by atoms with Gasteiger partial charge in [-0.3, -0.25) is 4.79 Å². The number of hydrogen-bond donors (Lipinski definition) is 0. The highest BCUT2D eigenvalue weighted by Gasteiger charge is 2.50. The topological polar surface area (TPSA) is 97.4 Å². The number of allylic oxidation sites excluding steroid dienone is 1. The summed E-state index contributed by atoms with van der Waals surface area (Å²) >= 11 is 0. The Balaban J connectivity index is 1.99. The maximum Gasteiger partial charge on any atom is 0.534 e. The van der Waals surface area contributed by atoms with E-state index in [0.717, 1.165) is 0 Å². The average Bonchev–Trinajstić information content (AvgIpc) is 3.29. The first-order chi connectivity index (χ1) is 18.5. The molecular weight excluding hydrogens is 541 g/mol. The zero-order valence-electron chi connectivity index (χ0n) is 20.7. The van der Waals surface area contributed by atoms with Crippen molar-refractivity contribution in [2.24, 2.45) is 0 Å². The van der Waals surface area contributed by atoms with Crippen LogP contribution in [0.1, 0.15) is 34.3 Å². The number of alkyl halides is 3. The summed E-state index contributed by atoms with van der Waals surface area (Å²) in [4.78, 5) is 11.0. The van der Waals surface area contributed by atoms with E-state index < -0.39 is 33.4 Å². The third-order valence-electron chi connectivity index (χ3n) is 6.11. The fraction of sp³-hybridized carbons (Fsp3) is 0.222. The molecule has 0 aromatic heterocycles. The molecule has 1 aliphatic heterocycles. The molecule has 0 N–H and O–H groups in total. The first kappa shape index (κ1) is 27.8. The normalized spacial score (nSPS) is 16.5. The summed E-state index contributed by atoms with van der Waals surface area (Å²) in [6, 6.07) is 14.8. The van der Waals surface area contributed by atoms with Gasteiger partial charge >= 0.3 is 15.6 Å². The smallest absolute Gasteiger partial charge is 0.497 e. The van der Waals surface area contributed by atoms with Crippen molar-refractivity contribution in [1.82, 2.24) is 0 Å². The number of halogens is 3. The summed E-state index contributed by atoms with van der Waals surface area (Å²) in [6.45, 7) is 3.94. The van der Waals surface area contributed by atoms with Crippen molar-refractivity contribution < 1.29 is 49.5 Å². The van der Waals surface area contributed by atoms with Crippen LogP contribution in [0, 0.1) is 0 Å². The molecule has 1 unspecified atom stereocenters. The summed E-state index contributed by atoms with van der Waals surface area (Å²) in [6.07, 6.45) is 0.591. The number of methoxy groups -OCH3 is 2. The van der Waals surface area contributed by atoms with Gasteiger partial charge in [-0.25, -0.2) is 0 Å². The predicted octanol–water partition coefficient (Wildman–Crippen LogP) is 5.46. The second-order valence-electron chi connectivity index (χ2n) is 8.35. The van der Waals surface area contributed by atoms with E-state index in [1.54, 1.807) is 48.5 Å². The third kappa shape index (κ3) is 5.37. The zero-order valence-corrected chi connectivity index (χ0v) is 21.5. The number of carbonyl (C=O) groups excluding carboxylic acids is 1. The average molecular weight is 565 g/mol. The second-order valence-corrected chi connectivity index (χ2v) is 9.89. The monoisotopic (exact) mass is 564 g/mol. The Hall–Kier alpha value is -4.19. The Morgan fingerprint density at radius 3 is 2.31 bits per heavy atom. The van der Waals surface area contributed by atoms with Gasteiger partial charge in [0.1, 0.15) is 23.4 Å². The minimum absolute atomic E-state index is 0.0786. The highest BCUT2D eigenvalue weighted by molar-refractivity contribution is 7.88. The van der Waals surface area contributed by atoms with E-state index in [1.165, 1.54) is 26.4 Å². The lowest BCUT2D eigenvalue weighted by molar-refractivity contribution is -0.120. The lowest BCUT2D eigenvalue weighted by Crippen LogP contribution is -2.28. The number of fused-ring (bicyclic) bond motifs is 1. The van der Waals surface area contributed by atoms with E-state index in [0.29, 0.717) is 22.4 Å². The van der Waals surface area contributed by atoms with Crippen LogP contribution in [0.15, 0.2) is 67.3 Å². The largest absolute Gasteiger partial charge is 0.534 e. The number of ether oxygens (including phenoxy) is 4. The third-order valence-corrected chi connectivity index (χ3v) is 7.06. The van der Waals surface area contributed by atoms with Crippen molar-refractivity contribution in [3.05, 3.63) is 89.5 Å². The maximum atomic E-state index is 13.3. The lowest BCUT2D eigenvalue weighted by Gasteiger charge is -2.23. The fourth-order valence-electron chi connectivity index (χ4n) is 4.46. The molecule has 1 heterocycles. The standard InChI is InChI=1S/C27H23F3O8S/c1-4-6-20-24-21(14-22(35-3)26(20)38-39(32,33)27(28,29)30)37-25(16-9-11-18(34-2)12-10-16)23(24)17-7-5-8-19(13-17)36-15-31/h4-5,7-15,23,25H,1,6H2,2-3H3/t23-,25?/m0/s1. The van der Waals surface area contributed by atoms with Crippen molar-refractivity contribution in [2.45, 2.75) is 24.0 Å². The molecular formula is C27H23F3O8S. The Morgan fingerprint density at radius 2 is 1.72 bits per heavy atom. The SMILES string of the molecule is C=CCc1c(OS(=O)(=O)C(F)(F)F)c(OC)cc2c1[C@H](c1cccc(OC=O)c1)C(c1ccc(OC)cc1)O2. The number of rotatable bonds is 10. The van der Waals surface area contributed by atoms with E-state index in [4.69, 9.17) is 18.9 Å². The summed E-state index contributed by atoms with van der Waals surface area (Å²) in [5, 5.41) is 0. The minimum atomic E-state index is -6.04. The van der Waals surface area contributed by atoms with Crippen LogP contribution in [-0.4, -0.2) is 34.6 Å². The van der Waals surface area contributed by atoms with E-state index in [9.17, 15) is 26.4 Å². The summed E-state index contributed by atoms with van der Waals surface area (Å²) in [5.41, 5.74) is -3.96. The second kappa shape index (κ2) is 10.9. The van der Waals surface area contributed by atoms with Gasteiger partial charge in [0.15, 0.2) is 11.5 Å².